The van der Waals surface area contributed by atoms with E-state index in [0.29, 0.717) is 35.5 Å². The van der Waals surface area contributed by atoms with Crippen molar-refractivity contribution < 1.29 is 18.7 Å². The predicted molar refractivity (Wildman–Crippen MR) is 98.5 cm³/mol. The first-order valence-electron chi connectivity index (χ1n) is 8.39. The maximum Gasteiger partial charge on any atom is 0.371 e. The average Bonchev–Trinajstić information content (AvgIpc) is 3.30. The van der Waals surface area contributed by atoms with Crippen LogP contribution in [0, 0.1) is 0 Å². The molecule has 1 aliphatic heterocycles. The highest BCUT2D eigenvalue weighted by atomic mass is 32.3. The van der Waals surface area contributed by atoms with Crippen molar-refractivity contribution in [2.24, 2.45) is 0 Å². The van der Waals surface area contributed by atoms with E-state index in [1.54, 1.807) is 18.3 Å². The second-order valence-electron chi connectivity index (χ2n) is 6.31. The molecule has 1 saturated heterocycles. The van der Waals surface area contributed by atoms with Gasteiger partial charge in [-0.15, -0.1) is 5.10 Å². The van der Waals surface area contributed by atoms with Gasteiger partial charge >= 0.3 is 5.97 Å². The van der Waals surface area contributed by atoms with Crippen molar-refractivity contribution in [3.63, 3.8) is 0 Å². The Morgan fingerprint density at radius 2 is 2.30 bits per heavy atom. The maximum atomic E-state index is 12.7. The molecule has 4 rings (SSSR count). The fraction of sp³-hybridized carbons (Fsp3) is 0.400. The van der Waals surface area contributed by atoms with Crippen LogP contribution in [0.3, 0.4) is 0 Å². The van der Waals surface area contributed by atoms with E-state index in [2.05, 4.69) is 20.4 Å². The number of hydrogen-bond donors (Lipinski definition) is 3. The molecule has 0 amide bonds. The molecule has 12 heteroatoms. The predicted octanol–water partition coefficient (Wildman–Crippen LogP) is 1.13. The number of hydrogen-bond acceptors (Lipinski definition) is 9. The van der Waals surface area contributed by atoms with Crippen LogP contribution < -0.4 is 10.6 Å². The molecule has 1 unspecified atom stereocenters. The van der Waals surface area contributed by atoms with Crippen LogP contribution >= 0.6 is 10.6 Å². The molecule has 1 fully saturated rings. The summed E-state index contributed by atoms with van der Waals surface area (Å²) in [4.78, 5) is 23.1. The first kappa shape index (κ1) is 17.7. The van der Waals surface area contributed by atoms with Gasteiger partial charge in [0.05, 0.1) is 17.5 Å². The number of fused-ring (bicyclic) bond motifs is 1. The minimum atomic E-state index is -2.62. The summed E-state index contributed by atoms with van der Waals surface area (Å²) in [6.45, 7) is 1.84. The van der Waals surface area contributed by atoms with Crippen LogP contribution in [0.5, 0.6) is 0 Å². The zero-order chi connectivity index (χ0) is 19.2. The van der Waals surface area contributed by atoms with E-state index in [0.717, 1.165) is 4.85 Å². The fourth-order valence-corrected chi connectivity index (χ4v) is 4.91. The number of aromatic nitrogens is 6. The minimum Gasteiger partial charge on any atom is -0.383 e. The second kappa shape index (κ2) is 6.48. The van der Waals surface area contributed by atoms with Gasteiger partial charge in [-0.25, -0.2) is 14.5 Å². The summed E-state index contributed by atoms with van der Waals surface area (Å²) < 4.78 is 21.2. The van der Waals surface area contributed by atoms with Crippen LogP contribution in [0.1, 0.15) is 35.4 Å². The quantitative estimate of drug-likeness (QED) is 0.553. The third kappa shape index (κ3) is 3.11. The minimum absolute atomic E-state index is 0.135. The number of rotatable bonds is 4. The molecular formula is C15H19N7O4S. The van der Waals surface area contributed by atoms with Crippen LogP contribution in [-0.2, 0) is 6.42 Å². The van der Waals surface area contributed by atoms with E-state index in [9.17, 15) is 13.9 Å². The first-order valence-corrected chi connectivity index (χ1v) is 10.3. The van der Waals surface area contributed by atoms with E-state index in [1.165, 1.54) is 4.68 Å². The van der Waals surface area contributed by atoms with Crippen LogP contribution in [0.25, 0.3) is 11.2 Å². The van der Waals surface area contributed by atoms with Crippen molar-refractivity contribution in [2.75, 3.05) is 17.2 Å². The number of anilines is 1. The van der Waals surface area contributed by atoms with Gasteiger partial charge in [-0.3, -0.25) is 9.11 Å². The molecule has 27 heavy (non-hydrogen) atoms. The van der Waals surface area contributed by atoms with E-state index in [1.807, 2.05) is 6.92 Å². The molecule has 3 aromatic heterocycles. The lowest BCUT2D eigenvalue weighted by Gasteiger charge is -2.26. The molecule has 11 nitrogen and oxygen atoms in total. The summed E-state index contributed by atoms with van der Waals surface area (Å²) in [5.74, 6) is -0.114. The van der Waals surface area contributed by atoms with Gasteiger partial charge in [0.25, 0.3) is 0 Å². The third-order valence-corrected chi connectivity index (χ3v) is 6.30. The molecule has 1 aliphatic rings. The molecule has 4 N–H and O–H groups in total. The molecule has 4 heterocycles. The van der Waals surface area contributed by atoms with Crippen molar-refractivity contribution in [1.29, 1.82) is 0 Å². The normalized spacial score (nSPS) is 20.0. The number of carbonyl (C=O) groups is 1. The summed E-state index contributed by atoms with van der Waals surface area (Å²) in [5, 5.41) is 12.1. The molecule has 0 radical (unpaired) electrons. The average molecular weight is 393 g/mol. The molecule has 3 aromatic rings. The number of nitrogens with two attached hydrogens (primary N) is 1. The monoisotopic (exact) mass is 393 g/mol. The molecule has 144 valence electrons. The lowest BCUT2D eigenvalue weighted by atomic mass is 10.2. The second-order valence-corrected chi connectivity index (χ2v) is 8.65. The number of pyridine rings is 1. The summed E-state index contributed by atoms with van der Waals surface area (Å²) in [5.41, 5.74) is 7.58. The van der Waals surface area contributed by atoms with E-state index >= 15 is 0 Å². The van der Waals surface area contributed by atoms with Crippen molar-refractivity contribution in [3.05, 3.63) is 29.6 Å². The zero-order valence-electron chi connectivity index (χ0n) is 14.5. The van der Waals surface area contributed by atoms with Crippen LogP contribution in [0.2, 0.25) is 0 Å². The molecule has 0 aromatic carbocycles. The Morgan fingerprint density at radius 3 is 3.00 bits per heavy atom. The SMILES string of the molecule is CCc1nn(C2CCS(O)(O)C2)c(N)c1C(=O)On1nnc2cccnc21. The van der Waals surface area contributed by atoms with Gasteiger partial charge in [0.1, 0.15) is 16.9 Å². The standard InChI is InChI=1S/C15H19N7O4S/c1-2-10-12(13(16)21(19-10)9-5-7-27(24,25)8-9)15(23)26-22-14-11(18-20-22)4-3-6-17-14/h3-4,6,9,24-25H,2,5,7-8,16H2,1H3. The highest BCUT2D eigenvalue weighted by Crippen LogP contribution is 2.50. The number of aryl methyl sites for hydroxylation is 1. The molecule has 0 saturated carbocycles. The Kier molecular flexibility index (Phi) is 4.25. The van der Waals surface area contributed by atoms with Gasteiger partial charge in [0, 0.05) is 11.9 Å². The Morgan fingerprint density at radius 1 is 1.48 bits per heavy atom. The maximum absolute atomic E-state index is 12.7. The van der Waals surface area contributed by atoms with Gasteiger partial charge in [-0.05, 0) is 35.0 Å². The number of nitrogens with zero attached hydrogens (tertiary/aromatic N) is 6. The van der Waals surface area contributed by atoms with E-state index in [-0.39, 0.29) is 23.2 Å². The van der Waals surface area contributed by atoms with Gasteiger partial charge in [-0.2, -0.15) is 15.7 Å². The van der Waals surface area contributed by atoms with Crippen molar-refractivity contribution in [1.82, 2.24) is 29.9 Å². The van der Waals surface area contributed by atoms with Gasteiger partial charge in [0.2, 0.25) is 5.65 Å². The lowest BCUT2D eigenvalue weighted by molar-refractivity contribution is 0.0405. The molecule has 1 atom stereocenters. The zero-order valence-corrected chi connectivity index (χ0v) is 15.3. The summed E-state index contributed by atoms with van der Waals surface area (Å²) >= 11 is 0. The van der Waals surface area contributed by atoms with Crippen LogP contribution in [0.4, 0.5) is 5.82 Å². The Labute approximate surface area is 155 Å². The van der Waals surface area contributed by atoms with E-state index < -0.39 is 16.6 Å². The topological polar surface area (TPSA) is 154 Å². The van der Waals surface area contributed by atoms with Gasteiger partial charge < -0.3 is 10.6 Å². The smallest absolute Gasteiger partial charge is 0.371 e. The van der Waals surface area contributed by atoms with Crippen molar-refractivity contribution in [3.8, 4) is 0 Å². The summed E-state index contributed by atoms with van der Waals surface area (Å²) in [6, 6.07) is 3.13. The Hall–Kier alpha value is -2.70. The Balaban J connectivity index is 1.65. The van der Waals surface area contributed by atoms with Gasteiger partial charge in [-0.1, -0.05) is 6.92 Å². The number of carbonyl (C=O) groups excluding carboxylic acids is 1. The highest BCUT2D eigenvalue weighted by Gasteiger charge is 2.34. The fourth-order valence-electron chi connectivity index (χ4n) is 3.17. The Bertz CT molecular complexity index is 1010. The molecule has 0 spiro atoms. The van der Waals surface area contributed by atoms with Crippen LogP contribution in [-0.4, -0.2) is 56.5 Å². The summed E-state index contributed by atoms with van der Waals surface area (Å²) in [6.07, 6.45) is 2.53. The van der Waals surface area contributed by atoms with Crippen molar-refractivity contribution in [2.45, 2.75) is 25.8 Å². The summed E-state index contributed by atoms with van der Waals surface area (Å²) in [7, 11) is -2.62. The van der Waals surface area contributed by atoms with Crippen molar-refractivity contribution >= 4 is 33.5 Å². The molecule has 0 aliphatic carbocycles. The lowest BCUT2D eigenvalue weighted by Crippen LogP contribution is -2.23. The first-order chi connectivity index (χ1) is 12.9. The highest BCUT2D eigenvalue weighted by molar-refractivity contribution is 8.24. The van der Waals surface area contributed by atoms with E-state index in [4.69, 9.17) is 10.6 Å². The van der Waals surface area contributed by atoms with Crippen LogP contribution in [0.15, 0.2) is 18.3 Å². The molecular weight excluding hydrogens is 374 g/mol. The largest absolute Gasteiger partial charge is 0.383 e. The van der Waals surface area contributed by atoms with Gasteiger partial charge in [0.15, 0.2) is 0 Å². The third-order valence-electron chi connectivity index (χ3n) is 4.49. The number of nitrogen functional groups attached to an aromatic ring is 1. The molecule has 0 bridgehead atoms.